The molecule has 0 aliphatic rings. The predicted octanol–water partition coefficient (Wildman–Crippen LogP) is 3.19. The molecule has 0 radical (unpaired) electrons. The zero-order chi connectivity index (χ0) is 9.19. The van der Waals surface area contributed by atoms with Crippen molar-refractivity contribution in [2.24, 2.45) is 0 Å². The summed E-state index contributed by atoms with van der Waals surface area (Å²) in [6.45, 7) is 3.65. The number of hydrogen-bond acceptors (Lipinski definition) is 0. The SMILES string of the molecule is C=Cc1ccccc1[Si](Cl)(Cl)Cl. The van der Waals surface area contributed by atoms with Crippen molar-refractivity contribution in [3.63, 3.8) is 0 Å². The van der Waals surface area contributed by atoms with E-state index in [1.807, 2.05) is 24.3 Å². The second kappa shape index (κ2) is 3.84. The highest BCUT2D eigenvalue weighted by Gasteiger charge is 2.29. The lowest BCUT2D eigenvalue weighted by Gasteiger charge is -2.10. The van der Waals surface area contributed by atoms with Gasteiger partial charge in [0.05, 0.1) is 0 Å². The lowest BCUT2D eigenvalue weighted by Crippen LogP contribution is -2.32. The van der Waals surface area contributed by atoms with Crippen LogP contribution in [0, 0.1) is 0 Å². The van der Waals surface area contributed by atoms with Crippen LogP contribution < -0.4 is 5.19 Å². The topological polar surface area (TPSA) is 0 Å². The van der Waals surface area contributed by atoms with Gasteiger partial charge in [0.2, 0.25) is 0 Å². The smallest absolute Gasteiger partial charge is 0.121 e. The van der Waals surface area contributed by atoms with Crippen LogP contribution >= 0.6 is 33.2 Å². The van der Waals surface area contributed by atoms with Crippen molar-refractivity contribution in [3.8, 4) is 0 Å². The van der Waals surface area contributed by atoms with Crippen molar-refractivity contribution in [1.29, 1.82) is 0 Å². The van der Waals surface area contributed by atoms with Gasteiger partial charge in [-0.25, -0.2) is 0 Å². The molecule has 0 saturated carbocycles. The summed E-state index contributed by atoms with van der Waals surface area (Å²) in [5.41, 5.74) is 0.907. The molecule has 1 aromatic carbocycles. The van der Waals surface area contributed by atoms with E-state index in [1.165, 1.54) is 0 Å². The van der Waals surface area contributed by atoms with Gasteiger partial charge in [-0.1, -0.05) is 36.9 Å². The van der Waals surface area contributed by atoms with E-state index in [-0.39, 0.29) is 0 Å². The third-order valence-electron chi connectivity index (χ3n) is 1.49. The molecule has 12 heavy (non-hydrogen) atoms. The molecule has 0 aliphatic heterocycles. The normalized spacial score (nSPS) is 11.2. The van der Waals surface area contributed by atoms with Gasteiger partial charge in [-0.2, -0.15) is 0 Å². The molecule has 0 N–H and O–H groups in total. The van der Waals surface area contributed by atoms with Crippen LogP contribution in [-0.2, 0) is 0 Å². The molecule has 0 saturated heterocycles. The van der Waals surface area contributed by atoms with Gasteiger partial charge in [0.15, 0.2) is 0 Å². The third-order valence-corrected chi connectivity index (χ3v) is 4.38. The summed E-state index contributed by atoms with van der Waals surface area (Å²) in [5.74, 6) is 0. The predicted molar refractivity (Wildman–Crippen MR) is 59.5 cm³/mol. The minimum absolute atomic E-state index is 0.796. The van der Waals surface area contributed by atoms with E-state index < -0.39 is 6.00 Å². The standard InChI is InChI=1S/C8H7Cl3Si/c1-2-7-5-3-4-6-8(7)12(9,10)11/h2-6H,1H2. The molecule has 0 heterocycles. The van der Waals surface area contributed by atoms with Crippen molar-refractivity contribution in [2.45, 2.75) is 0 Å². The maximum atomic E-state index is 5.86. The number of halogens is 3. The quantitative estimate of drug-likeness (QED) is 0.547. The van der Waals surface area contributed by atoms with E-state index in [0.717, 1.165) is 10.8 Å². The zero-order valence-corrected chi connectivity index (χ0v) is 9.50. The molecular formula is C8H7Cl3Si. The summed E-state index contributed by atoms with van der Waals surface area (Å²) in [6, 6.07) is 4.71. The van der Waals surface area contributed by atoms with E-state index in [0.29, 0.717) is 0 Å². The summed E-state index contributed by atoms with van der Waals surface area (Å²) >= 11 is 17.6. The van der Waals surface area contributed by atoms with Crippen LogP contribution in [0.1, 0.15) is 5.56 Å². The fourth-order valence-corrected chi connectivity index (χ4v) is 3.28. The molecular weight excluding hydrogens is 231 g/mol. The van der Waals surface area contributed by atoms with Gasteiger partial charge < -0.3 is 0 Å². The average Bonchev–Trinajstić information content (AvgIpc) is 2.03. The van der Waals surface area contributed by atoms with Crippen molar-refractivity contribution < 1.29 is 0 Å². The summed E-state index contributed by atoms with van der Waals surface area (Å²) in [4.78, 5) is 0. The van der Waals surface area contributed by atoms with Crippen LogP contribution in [-0.4, -0.2) is 6.00 Å². The summed E-state index contributed by atoms with van der Waals surface area (Å²) < 4.78 is 0. The van der Waals surface area contributed by atoms with E-state index in [2.05, 4.69) is 6.58 Å². The van der Waals surface area contributed by atoms with E-state index in [9.17, 15) is 0 Å². The third kappa shape index (κ3) is 2.27. The number of hydrogen-bond donors (Lipinski definition) is 0. The molecule has 64 valence electrons. The largest absolute Gasteiger partial charge is 0.373 e. The van der Waals surface area contributed by atoms with E-state index >= 15 is 0 Å². The van der Waals surface area contributed by atoms with Gasteiger partial charge in [0.1, 0.15) is 0 Å². The van der Waals surface area contributed by atoms with Crippen LogP contribution in [0.25, 0.3) is 6.08 Å². The molecule has 0 aromatic heterocycles. The van der Waals surface area contributed by atoms with Crippen LogP contribution in [0.3, 0.4) is 0 Å². The fraction of sp³-hybridized carbons (Fsp3) is 0. The second-order valence-electron chi connectivity index (χ2n) is 2.29. The molecule has 0 atom stereocenters. The molecule has 0 aliphatic carbocycles. The summed E-state index contributed by atoms with van der Waals surface area (Å²) in [5, 5.41) is 0.796. The first-order valence-corrected chi connectivity index (χ1v) is 8.38. The molecule has 0 fully saturated rings. The maximum absolute atomic E-state index is 5.86. The molecule has 0 amide bonds. The first-order chi connectivity index (χ1) is 5.55. The Morgan fingerprint density at radius 1 is 1.17 bits per heavy atom. The summed E-state index contributed by atoms with van der Waals surface area (Å²) in [6.07, 6.45) is 1.70. The molecule has 0 nitrogen and oxygen atoms in total. The zero-order valence-electron chi connectivity index (χ0n) is 6.23. The van der Waals surface area contributed by atoms with Crippen molar-refractivity contribution in [2.75, 3.05) is 0 Å². The first kappa shape index (κ1) is 10.1. The Morgan fingerprint density at radius 2 is 1.75 bits per heavy atom. The van der Waals surface area contributed by atoms with Gasteiger partial charge in [-0.05, 0) is 10.8 Å². The fourth-order valence-electron chi connectivity index (χ4n) is 0.933. The average molecular weight is 238 g/mol. The second-order valence-corrected chi connectivity index (χ2v) is 10.7. The minimum atomic E-state index is -2.75. The van der Waals surface area contributed by atoms with Crippen LogP contribution in [0.4, 0.5) is 0 Å². The highest BCUT2D eigenvalue weighted by molar-refractivity contribution is 7.69. The van der Waals surface area contributed by atoms with E-state index in [1.54, 1.807) is 6.08 Å². The molecule has 4 heteroatoms. The maximum Gasteiger partial charge on any atom is 0.373 e. The van der Waals surface area contributed by atoms with Gasteiger partial charge in [0.25, 0.3) is 0 Å². The highest BCUT2D eigenvalue weighted by atomic mass is 35.8. The van der Waals surface area contributed by atoms with Gasteiger partial charge >= 0.3 is 6.00 Å². The Labute approximate surface area is 86.9 Å². The van der Waals surface area contributed by atoms with Crippen molar-refractivity contribution in [3.05, 3.63) is 36.4 Å². The van der Waals surface area contributed by atoms with E-state index in [4.69, 9.17) is 33.2 Å². The van der Waals surface area contributed by atoms with Crippen LogP contribution in [0.5, 0.6) is 0 Å². The van der Waals surface area contributed by atoms with Gasteiger partial charge in [-0.15, -0.1) is 33.2 Å². The van der Waals surface area contributed by atoms with Gasteiger partial charge in [-0.3, -0.25) is 0 Å². The molecule has 1 aromatic rings. The Kier molecular flexibility index (Phi) is 3.24. The Balaban J connectivity index is 3.23. The first-order valence-electron chi connectivity index (χ1n) is 3.34. The van der Waals surface area contributed by atoms with Crippen molar-refractivity contribution in [1.82, 2.24) is 0 Å². The number of rotatable bonds is 2. The number of benzene rings is 1. The van der Waals surface area contributed by atoms with Crippen molar-refractivity contribution >= 4 is 50.5 Å². The van der Waals surface area contributed by atoms with Crippen LogP contribution in [0.15, 0.2) is 30.8 Å². The Morgan fingerprint density at radius 3 is 2.17 bits per heavy atom. The summed E-state index contributed by atoms with van der Waals surface area (Å²) in [7, 11) is 0. The monoisotopic (exact) mass is 236 g/mol. The van der Waals surface area contributed by atoms with Gasteiger partial charge in [0, 0.05) is 0 Å². The Hall–Kier alpha value is 0.0469. The van der Waals surface area contributed by atoms with Crippen LogP contribution in [0.2, 0.25) is 0 Å². The lowest BCUT2D eigenvalue weighted by molar-refractivity contribution is 1.72. The molecule has 1 rings (SSSR count). The lowest BCUT2D eigenvalue weighted by atomic mass is 10.2. The molecule has 0 spiro atoms. The molecule has 0 bridgehead atoms. The molecule has 0 unspecified atom stereocenters. The minimum Gasteiger partial charge on any atom is -0.121 e. The highest BCUT2D eigenvalue weighted by Crippen LogP contribution is 2.21. The Bertz CT molecular complexity index is 291.